The van der Waals surface area contributed by atoms with Crippen molar-refractivity contribution in [1.82, 2.24) is 0 Å². The smallest absolute Gasteiger partial charge is 0.162 e. The molecule has 29 heavy (non-hydrogen) atoms. The summed E-state index contributed by atoms with van der Waals surface area (Å²) in [7, 11) is 0. The molecule has 0 N–H and O–H groups in total. The zero-order valence-corrected chi connectivity index (χ0v) is 19.1. The molecular formula is C25H38ClNO2. The van der Waals surface area contributed by atoms with Crippen LogP contribution in [0, 0.1) is 17.8 Å². The topological polar surface area (TPSA) is 18.5 Å². The number of piperidine rings is 1. The van der Waals surface area contributed by atoms with Crippen LogP contribution in [0.3, 0.4) is 0 Å². The number of allylic oxidation sites excluding steroid dienone is 2. The minimum atomic E-state index is -0.0269. The molecule has 4 heteroatoms. The second-order valence-electron chi connectivity index (χ2n) is 9.77. The van der Waals surface area contributed by atoms with Crippen LogP contribution in [0.5, 0.6) is 0 Å². The van der Waals surface area contributed by atoms with Crippen LogP contribution in [0.1, 0.15) is 52.0 Å². The number of rotatable bonds is 5. The summed E-state index contributed by atoms with van der Waals surface area (Å²) >= 11 is 0. The molecule has 162 valence electrons. The predicted molar refractivity (Wildman–Crippen MR) is 114 cm³/mol. The molecule has 3 nitrogen and oxygen atoms in total. The molecule has 0 bridgehead atoms. The van der Waals surface area contributed by atoms with E-state index in [1.807, 2.05) is 0 Å². The lowest BCUT2D eigenvalue weighted by Crippen LogP contribution is -3.00. The van der Waals surface area contributed by atoms with Crippen molar-refractivity contribution in [3.05, 3.63) is 47.5 Å². The number of halogens is 1. The Hall–Kier alpha value is -0.870. The Bertz CT molecular complexity index is 671. The Balaban J connectivity index is 0.00000240. The molecule has 2 saturated heterocycles. The highest BCUT2D eigenvalue weighted by atomic mass is 35.5. The second-order valence-corrected chi connectivity index (χ2v) is 9.77. The Labute approximate surface area is 183 Å². The highest BCUT2D eigenvalue weighted by Gasteiger charge is 2.43. The monoisotopic (exact) mass is 419 g/mol. The summed E-state index contributed by atoms with van der Waals surface area (Å²) < 4.78 is 14.0. The summed E-state index contributed by atoms with van der Waals surface area (Å²) in [6, 6.07) is 11.0. The lowest BCUT2D eigenvalue weighted by molar-refractivity contribution is -0.947. The fraction of sp³-hybridized carbons (Fsp3) is 0.680. The highest BCUT2D eigenvalue weighted by Crippen LogP contribution is 2.39. The van der Waals surface area contributed by atoms with Gasteiger partial charge in [-0.15, -0.1) is 0 Å². The average Bonchev–Trinajstić information content (AvgIpc) is 3.10. The molecule has 4 rings (SSSR count). The van der Waals surface area contributed by atoms with Crippen molar-refractivity contribution in [2.24, 2.45) is 17.8 Å². The molecule has 0 spiro atoms. The number of benzene rings is 1. The molecule has 3 aliphatic rings. The van der Waals surface area contributed by atoms with Gasteiger partial charge >= 0.3 is 0 Å². The predicted octanol–water partition coefficient (Wildman–Crippen LogP) is 2.17. The molecule has 0 amide bonds. The van der Waals surface area contributed by atoms with Gasteiger partial charge in [-0.2, -0.15) is 0 Å². The summed E-state index contributed by atoms with van der Waals surface area (Å²) in [5.74, 6) is 1.65. The Morgan fingerprint density at radius 3 is 2.45 bits per heavy atom. The molecule has 5 unspecified atom stereocenters. The molecule has 2 heterocycles. The van der Waals surface area contributed by atoms with Crippen molar-refractivity contribution < 1.29 is 26.4 Å². The van der Waals surface area contributed by atoms with Gasteiger partial charge < -0.3 is 26.4 Å². The number of hydrogen-bond acceptors (Lipinski definition) is 2. The minimum Gasteiger partial charge on any atom is -1.00 e. The maximum atomic E-state index is 6.58. The van der Waals surface area contributed by atoms with E-state index >= 15 is 0 Å². The fourth-order valence-corrected chi connectivity index (χ4v) is 6.07. The van der Waals surface area contributed by atoms with Crippen LogP contribution in [0.2, 0.25) is 0 Å². The largest absolute Gasteiger partial charge is 1.00 e. The van der Waals surface area contributed by atoms with Gasteiger partial charge in [-0.25, -0.2) is 0 Å². The van der Waals surface area contributed by atoms with E-state index in [-0.39, 0.29) is 24.8 Å². The van der Waals surface area contributed by atoms with E-state index < -0.39 is 0 Å². The molecule has 2 aliphatic heterocycles. The molecule has 2 fully saturated rings. The van der Waals surface area contributed by atoms with Crippen LogP contribution < -0.4 is 12.4 Å². The van der Waals surface area contributed by atoms with Crippen molar-refractivity contribution in [2.45, 2.75) is 65.4 Å². The zero-order chi connectivity index (χ0) is 19.6. The van der Waals surface area contributed by atoms with Crippen molar-refractivity contribution in [3.8, 4) is 0 Å². The van der Waals surface area contributed by atoms with Crippen LogP contribution in [-0.2, 0) is 16.0 Å². The molecular weight excluding hydrogens is 382 g/mol. The normalized spacial score (nSPS) is 34.3. The van der Waals surface area contributed by atoms with Crippen LogP contribution in [0.25, 0.3) is 0 Å². The van der Waals surface area contributed by atoms with Gasteiger partial charge in [-0.1, -0.05) is 55.8 Å². The summed E-state index contributed by atoms with van der Waals surface area (Å²) in [6.45, 7) is 12.5. The van der Waals surface area contributed by atoms with Gasteiger partial charge in [0.05, 0.1) is 19.7 Å². The van der Waals surface area contributed by atoms with Crippen molar-refractivity contribution in [3.63, 3.8) is 0 Å². The van der Waals surface area contributed by atoms with Crippen LogP contribution >= 0.6 is 0 Å². The highest BCUT2D eigenvalue weighted by molar-refractivity contribution is 5.13. The minimum absolute atomic E-state index is 0. The molecule has 1 aromatic carbocycles. The number of quaternary nitrogens is 1. The van der Waals surface area contributed by atoms with E-state index in [1.54, 1.807) is 0 Å². The number of likely N-dealkylation sites (tertiary alicyclic amines) is 1. The van der Waals surface area contributed by atoms with Crippen LogP contribution in [0.4, 0.5) is 0 Å². The maximum absolute atomic E-state index is 6.58. The third-order valence-electron chi connectivity index (χ3n) is 7.26. The number of ether oxygens (including phenoxy) is 2. The first-order chi connectivity index (χ1) is 13.5. The quantitative estimate of drug-likeness (QED) is 0.538. The van der Waals surface area contributed by atoms with E-state index in [4.69, 9.17) is 9.47 Å². The van der Waals surface area contributed by atoms with Gasteiger partial charge in [0.2, 0.25) is 0 Å². The standard InChI is InChI=1S/C25H38NO2.ClH/c1-19-14-20(2)24(21(3)15-19)25-27-18-23(28-25)17-26(12-8-5-9-13-26)16-22-10-6-4-7-11-22;/h4,6-7,10-11,14,20-21,23-25H,5,8-9,12-13,15-18H2,1-3H3;1H/q+1;/p-1. The third kappa shape index (κ3) is 5.44. The maximum Gasteiger partial charge on any atom is 0.162 e. The lowest BCUT2D eigenvalue weighted by Gasteiger charge is -2.43. The van der Waals surface area contributed by atoms with E-state index in [1.165, 1.54) is 54.4 Å². The first kappa shape index (κ1) is 22.8. The summed E-state index contributed by atoms with van der Waals surface area (Å²) in [5, 5.41) is 0. The summed E-state index contributed by atoms with van der Waals surface area (Å²) in [5.41, 5.74) is 2.97. The van der Waals surface area contributed by atoms with E-state index in [9.17, 15) is 0 Å². The Kier molecular flexibility index (Phi) is 7.83. The number of nitrogens with zero attached hydrogens (tertiary/aromatic N) is 1. The first-order valence-electron chi connectivity index (χ1n) is 11.4. The molecule has 0 radical (unpaired) electrons. The first-order valence-corrected chi connectivity index (χ1v) is 11.4. The summed E-state index contributed by atoms with van der Waals surface area (Å²) in [4.78, 5) is 0. The zero-order valence-electron chi connectivity index (χ0n) is 18.4. The van der Waals surface area contributed by atoms with Crippen LogP contribution in [0.15, 0.2) is 42.0 Å². The third-order valence-corrected chi connectivity index (χ3v) is 7.26. The van der Waals surface area contributed by atoms with Gasteiger partial charge in [0, 0.05) is 11.5 Å². The van der Waals surface area contributed by atoms with E-state index in [0.29, 0.717) is 17.8 Å². The summed E-state index contributed by atoms with van der Waals surface area (Å²) in [6.07, 6.45) is 7.87. The second kappa shape index (κ2) is 9.96. The molecule has 1 aliphatic carbocycles. The van der Waals surface area contributed by atoms with E-state index in [2.05, 4.69) is 57.2 Å². The van der Waals surface area contributed by atoms with Crippen molar-refractivity contribution in [1.29, 1.82) is 0 Å². The van der Waals surface area contributed by atoms with Crippen molar-refractivity contribution in [2.75, 3.05) is 26.2 Å². The molecule has 5 atom stereocenters. The van der Waals surface area contributed by atoms with Gasteiger partial charge in [-0.3, -0.25) is 0 Å². The lowest BCUT2D eigenvalue weighted by atomic mass is 9.74. The number of hydrogen-bond donors (Lipinski definition) is 0. The van der Waals surface area contributed by atoms with Gasteiger partial charge in [-0.05, 0) is 44.4 Å². The SMILES string of the molecule is CC1=CC(C)C(C2OCC(C[N+]3(Cc4ccccc4)CCCCC3)O2)C(C)C1.[Cl-]. The van der Waals surface area contributed by atoms with Gasteiger partial charge in [0.25, 0.3) is 0 Å². The van der Waals surface area contributed by atoms with Crippen LogP contribution in [-0.4, -0.2) is 43.1 Å². The van der Waals surface area contributed by atoms with E-state index in [0.717, 1.165) is 19.7 Å². The average molecular weight is 420 g/mol. The van der Waals surface area contributed by atoms with Crippen molar-refractivity contribution >= 4 is 0 Å². The Morgan fingerprint density at radius 1 is 1.03 bits per heavy atom. The van der Waals surface area contributed by atoms with Gasteiger partial charge in [0.1, 0.15) is 19.2 Å². The fourth-order valence-electron chi connectivity index (χ4n) is 6.07. The molecule has 0 aromatic heterocycles. The Morgan fingerprint density at radius 2 is 1.76 bits per heavy atom. The molecule has 0 saturated carbocycles. The van der Waals surface area contributed by atoms with Gasteiger partial charge in [0.15, 0.2) is 6.29 Å². The molecule has 1 aromatic rings.